The van der Waals surface area contributed by atoms with Gasteiger partial charge in [-0.3, -0.25) is 4.79 Å². The second-order valence-electron chi connectivity index (χ2n) is 3.88. The van der Waals surface area contributed by atoms with E-state index in [1.165, 1.54) is 6.07 Å². The molecule has 18 heavy (non-hydrogen) atoms. The van der Waals surface area contributed by atoms with Crippen LogP contribution in [0.4, 0.5) is 0 Å². The Morgan fingerprint density at radius 1 is 1.28 bits per heavy atom. The van der Waals surface area contributed by atoms with Gasteiger partial charge in [0, 0.05) is 6.07 Å². The van der Waals surface area contributed by atoms with Crippen LogP contribution in [0.2, 0.25) is 0 Å². The third-order valence-electron chi connectivity index (χ3n) is 2.68. The topological polar surface area (TPSA) is 56.5 Å². The Kier molecular flexibility index (Phi) is 3.46. The maximum atomic E-state index is 11.8. The molecule has 0 bridgehead atoms. The fourth-order valence-electron chi connectivity index (χ4n) is 1.72. The summed E-state index contributed by atoms with van der Waals surface area (Å²) in [5.74, 6) is -0.666. The van der Waals surface area contributed by atoms with E-state index < -0.39 is 5.97 Å². The molecule has 0 fully saturated rings. The molecule has 2 rings (SSSR count). The number of ether oxygens (including phenoxy) is 1. The molecule has 0 unspecified atom stereocenters. The molecule has 0 saturated heterocycles. The van der Waals surface area contributed by atoms with Crippen LogP contribution in [0.5, 0.6) is 0 Å². The minimum absolute atomic E-state index is 0.0531. The number of hydrogen-bond acceptors (Lipinski definition) is 4. The molecule has 0 amide bonds. The Morgan fingerprint density at radius 3 is 2.72 bits per heavy atom. The smallest absolute Gasteiger partial charge is 0.374 e. The van der Waals surface area contributed by atoms with E-state index in [1.807, 2.05) is 13.0 Å². The van der Waals surface area contributed by atoms with E-state index in [1.54, 1.807) is 19.1 Å². The molecule has 0 aliphatic heterocycles. The zero-order valence-corrected chi connectivity index (χ0v) is 10.4. The average molecular weight is 246 g/mol. The zero-order valence-electron chi connectivity index (χ0n) is 10.4. The van der Waals surface area contributed by atoms with Gasteiger partial charge in [0.05, 0.1) is 12.0 Å². The Morgan fingerprint density at radius 2 is 2.06 bits per heavy atom. The van der Waals surface area contributed by atoms with Crippen molar-refractivity contribution < 1.29 is 13.9 Å². The molecule has 1 aromatic heterocycles. The third kappa shape index (κ3) is 2.27. The van der Waals surface area contributed by atoms with E-state index in [2.05, 4.69) is 0 Å². The van der Waals surface area contributed by atoms with Gasteiger partial charge >= 0.3 is 5.97 Å². The van der Waals surface area contributed by atoms with Crippen LogP contribution in [0, 0.1) is 0 Å². The van der Waals surface area contributed by atoms with Gasteiger partial charge in [-0.05, 0) is 31.0 Å². The lowest BCUT2D eigenvalue weighted by Gasteiger charge is -2.03. The highest BCUT2D eigenvalue weighted by molar-refractivity contribution is 5.89. The highest BCUT2D eigenvalue weighted by Crippen LogP contribution is 2.15. The molecule has 4 heteroatoms. The first-order valence-corrected chi connectivity index (χ1v) is 5.89. The standard InChI is InChI=1S/C14H14O4/c1-3-9-5-6-10-11(15)8-13(14(16)17-4-2)18-12(10)7-9/h5-8H,3-4H2,1-2H3. The fraction of sp³-hybridized carbons (Fsp3) is 0.286. The number of carbonyl (C=O) groups is 1. The lowest BCUT2D eigenvalue weighted by molar-refractivity contribution is 0.0490. The molecule has 2 aromatic rings. The van der Waals surface area contributed by atoms with Crippen molar-refractivity contribution in [3.05, 3.63) is 45.8 Å². The van der Waals surface area contributed by atoms with Gasteiger partial charge < -0.3 is 9.15 Å². The molecule has 1 aromatic carbocycles. The molecule has 0 N–H and O–H groups in total. The van der Waals surface area contributed by atoms with Gasteiger partial charge in [-0.15, -0.1) is 0 Å². The molecule has 4 nitrogen and oxygen atoms in total. The van der Waals surface area contributed by atoms with Gasteiger partial charge in [0.2, 0.25) is 5.76 Å². The summed E-state index contributed by atoms with van der Waals surface area (Å²) in [5.41, 5.74) is 1.23. The van der Waals surface area contributed by atoms with E-state index in [-0.39, 0.29) is 17.8 Å². The van der Waals surface area contributed by atoms with Crippen LogP contribution in [-0.2, 0) is 11.2 Å². The molecular weight excluding hydrogens is 232 g/mol. The highest BCUT2D eigenvalue weighted by Gasteiger charge is 2.13. The summed E-state index contributed by atoms with van der Waals surface area (Å²) < 4.78 is 10.2. The predicted molar refractivity (Wildman–Crippen MR) is 67.8 cm³/mol. The number of aryl methyl sites for hydroxylation is 1. The average Bonchev–Trinajstić information content (AvgIpc) is 2.38. The van der Waals surface area contributed by atoms with Crippen LogP contribution < -0.4 is 5.43 Å². The van der Waals surface area contributed by atoms with Gasteiger partial charge in [-0.1, -0.05) is 13.0 Å². The largest absolute Gasteiger partial charge is 0.460 e. The van der Waals surface area contributed by atoms with Crippen molar-refractivity contribution in [3.63, 3.8) is 0 Å². The second-order valence-corrected chi connectivity index (χ2v) is 3.88. The van der Waals surface area contributed by atoms with Crippen LogP contribution in [0.3, 0.4) is 0 Å². The summed E-state index contributed by atoms with van der Waals surface area (Å²) in [6.07, 6.45) is 0.837. The highest BCUT2D eigenvalue weighted by atomic mass is 16.5. The Labute approximate surface area is 104 Å². The summed E-state index contributed by atoms with van der Waals surface area (Å²) in [6, 6.07) is 6.55. The first kappa shape index (κ1) is 12.4. The third-order valence-corrected chi connectivity index (χ3v) is 2.68. The Hall–Kier alpha value is -2.10. The van der Waals surface area contributed by atoms with Crippen molar-refractivity contribution in [1.82, 2.24) is 0 Å². The van der Waals surface area contributed by atoms with Gasteiger partial charge in [0.15, 0.2) is 5.43 Å². The van der Waals surface area contributed by atoms with Crippen molar-refractivity contribution >= 4 is 16.9 Å². The number of fused-ring (bicyclic) bond motifs is 1. The van der Waals surface area contributed by atoms with Crippen molar-refractivity contribution in [1.29, 1.82) is 0 Å². The van der Waals surface area contributed by atoms with Crippen LogP contribution in [0.1, 0.15) is 30.0 Å². The number of esters is 1. The summed E-state index contributed by atoms with van der Waals surface area (Å²) in [7, 11) is 0. The maximum absolute atomic E-state index is 11.8. The molecule has 0 aliphatic carbocycles. The summed E-state index contributed by atoms with van der Waals surface area (Å²) in [4.78, 5) is 23.4. The quantitative estimate of drug-likeness (QED) is 0.781. The lowest BCUT2D eigenvalue weighted by Crippen LogP contribution is -2.10. The second kappa shape index (κ2) is 5.04. The lowest BCUT2D eigenvalue weighted by atomic mass is 10.1. The first-order chi connectivity index (χ1) is 8.65. The minimum Gasteiger partial charge on any atom is -0.460 e. The van der Waals surface area contributed by atoms with Gasteiger partial charge in [-0.25, -0.2) is 4.79 Å². The summed E-state index contributed by atoms with van der Waals surface area (Å²) in [6.45, 7) is 3.95. The van der Waals surface area contributed by atoms with E-state index in [0.717, 1.165) is 12.0 Å². The van der Waals surface area contributed by atoms with Crippen LogP contribution >= 0.6 is 0 Å². The maximum Gasteiger partial charge on any atom is 0.374 e. The molecular formula is C14H14O4. The Bertz CT molecular complexity index is 640. The SMILES string of the molecule is CCOC(=O)c1cc(=O)c2ccc(CC)cc2o1. The van der Waals surface area contributed by atoms with E-state index in [4.69, 9.17) is 9.15 Å². The van der Waals surface area contributed by atoms with Gasteiger partial charge in [0.25, 0.3) is 0 Å². The van der Waals surface area contributed by atoms with Crippen molar-refractivity contribution in [2.45, 2.75) is 20.3 Å². The number of rotatable bonds is 3. The van der Waals surface area contributed by atoms with Crippen molar-refractivity contribution in [3.8, 4) is 0 Å². The monoisotopic (exact) mass is 246 g/mol. The summed E-state index contributed by atoms with van der Waals surface area (Å²) >= 11 is 0. The minimum atomic E-state index is -0.613. The number of hydrogen-bond donors (Lipinski definition) is 0. The molecule has 0 aliphatic rings. The fourth-order valence-corrected chi connectivity index (χ4v) is 1.72. The van der Waals surface area contributed by atoms with Gasteiger partial charge in [0.1, 0.15) is 5.58 Å². The molecule has 1 heterocycles. The van der Waals surface area contributed by atoms with E-state index >= 15 is 0 Å². The molecule has 0 radical (unpaired) electrons. The number of benzene rings is 1. The van der Waals surface area contributed by atoms with Crippen LogP contribution in [-0.4, -0.2) is 12.6 Å². The van der Waals surface area contributed by atoms with E-state index in [9.17, 15) is 9.59 Å². The molecule has 0 atom stereocenters. The first-order valence-electron chi connectivity index (χ1n) is 5.89. The number of carbonyl (C=O) groups excluding carboxylic acids is 1. The zero-order chi connectivity index (χ0) is 13.1. The van der Waals surface area contributed by atoms with E-state index in [0.29, 0.717) is 11.0 Å². The summed E-state index contributed by atoms with van der Waals surface area (Å²) in [5, 5.41) is 0.472. The molecule has 94 valence electrons. The van der Waals surface area contributed by atoms with Crippen molar-refractivity contribution in [2.24, 2.45) is 0 Å². The Balaban J connectivity index is 2.59. The van der Waals surface area contributed by atoms with Gasteiger partial charge in [-0.2, -0.15) is 0 Å². The predicted octanol–water partition coefficient (Wildman–Crippen LogP) is 2.53. The molecule has 0 spiro atoms. The molecule has 0 saturated carbocycles. The van der Waals surface area contributed by atoms with Crippen LogP contribution in [0.25, 0.3) is 11.0 Å². The van der Waals surface area contributed by atoms with Crippen LogP contribution in [0.15, 0.2) is 33.5 Å². The normalized spacial score (nSPS) is 10.6. The van der Waals surface area contributed by atoms with Crippen molar-refractivity contribution in [2.75, 3.05) is 6.61 Å².